The maximum Gasteiger partial charge on any atom is 0.145 e. The summed E-state index contributed by atoms with van der Waals surface area (Å²) in [5.74, 6) is 1.17. The average molecular weight is 277 g/mol. The summed E-state index contributed by atoms with van der Waals surface area (Å²) in [6.07, 6.45) is 0. The second kappa shape index (κ2) is 4.66. The summed E-state index contributed by atoms with van der Waals surface area (Å²) in [5.41, 5.74) is 3.07. The van der Waals surface area contributed by atoms with Gasteiger partial charge in [0.1, 0.15) is 11.6 Å². The van der Waals surface area contributed by atoms with Crippen molar-refractivity contribution < 1.29 is 5.11 Å². The molecule has 104 valence electrons. The number of fused-ring (bicyclic) bond motifs is 1. The van der Waals surface area contributed by atoms with Crippen LogP contribution in [0.1, 0.15) is 5.69 Å². The number of para-hydroxylation sites is 1. The molecule has 0 spiro atoms. The fourth-order valence-corrected chi connectivity index (χ4v) is 2.81. The predicted octanol–water partition coefficient (Wildman–Crippen LogP) is 2.69. The molecule has 0 saturated carbocycles. The van der Waals surface area contributed by atoms with E-state index in [2.05, 4.69) is 33.1 Å². The van der Waals surface area contributed by atoms with Crippen molar-refractivity contribution in [3.8, 4) is 11.4 Å². The zero-order chi connectivity index (χ0) is 14.2. The first-order valence-electron chi connectivity index (χ1n) is 7.01. The number of phenolic OH excluding ortho intramolecular Hbond substituents is 1. The number of amidine groups is 1. The van der Waals surface area contributed by atoms with Crippen molar-refractivity contribution in [2.45, 2.75) is 0 Å². The molecule has 1 aromatic heterocycles. The molecule has 0 radical (unpaired) electrons. The Hall–Kier alpha value is -2.75. The molecule has 0 atom stereocenters. The predicted molar refractivity (Wildman–Crippen MR) is 84.3 cm³/mol. The summed E-state index contributed by atoms with van der Waals surface area (Å²) >= 11 is 0. The van der Waals surface area contributed by atoms with Crippen molar-refractivity contribution >= 4 is 16.7 Å². The Balaban J connectivity index is 2.02. The molecule has 2 heterocycles. The van der Waals surface area contributed by atoms with E-state index in [0.717, 1.165) is 41.2 Å². The quantitative estimate of drug-likeness (QED) is 0.756. The monoisotopic (exact) mass is 277 g/mol. The molecule has 4 heteroatoms. The molecule has 3 aromatic rings. The molecule has 2 N–H and O–H groups in total. The van der Waals surface area contributed by atoms with E-state index in [9.17, 15) is 5.11 Å². The van der Waals surface area contributed by atoms with Crippen LogP contribution >= 0.6 is 0 Å². The Labute approximate surface area is 122 Å². The topological polar surface area (TPSA) is 49.5 Å². The number of phenols is 1. The van der Waals surface area contributed by atoms with Crippen LogP contribution in [-0.2, 0) is 0 Å². The maximum absolute atomic E-state index is 9.78. The fraction of sp³-hybridized carbons (Fsp3) is 0.118. The number of hydrogen-bond acceptors (Lipinski definition) is 3. The van der Waals surface area contributed by atoms with E-state index in [4.69, 9.17) is 0 Å². The number of nitrogens with zero attached hydrogens (tertiary/aromatic N) is 2. The number of aliphatic imine (C=N–C) groups is 1. The molecule has 0 aliphatic carbocycles. The second-order valence-corrected chi connectivity index (χ2v) is 5.10. The van der Waals surface area contributed by atoms with Gasteiger partial charge in [0.05, 0.1) is 17.8 Å². The summed E-state index contributed by atoms with van der Waals surface area (Å²) in [4.78, 5) is 4.53. The molecule has 4 rings (SSSR count). The fourth-order valence-electron chi connectivity index (χ4n) is 2.81. The molecular weight excluding hydrogens is 262 g/mol. The van der Waals surface area contributed by atoms with E-state index in [1.54, 1.807) is 12.1 Å². The van der Waals surface area contributed by atoms with Crippen LogP contribution in [0.25, 0.3) is 16.6 Å². The van der Waals surface area contributed by atoms with Crippen LogP contribution in [0.15, 0.2) is 59.6 Å². The van der Waals surface area contributed by atoms with Crippen LogP contribution in [0, 0.1) is 0 Å². The molecule has 0 saturated heterocycles. The summed E-state index contributed by atoms with van der Waals surface area (Å²) in [5, 5.41) is 14.3. The van der Waals surface area contributed by atoms with Crippen LogP contribution in [0.2, 0.25) is 0 Å². The van der Waals surface area contributed by atoms with Crippen molar-refractivity contribution in [3.63, 3.8) is 0 Å². The SMILES string of the molecule is Oc1cccc(-n2c(C3=NCCN3)cc3ccccc32)c1. The van der Waals surface area contributed by atoms with E-state index in [1.165, 1.54) is 0 Å². The summed E-state index contributed by atoms with van der Waals surface area (Å²) < 4.78 is 2.13. The summed E-state index contributed by atoms with van der Waals surface area (Å²) in [7, 11) is 0. The van der Waals surface area contributed by atoms with Gasteiger partial charge in [-0.15, -0.1) is 0 Å². The normalized spacial score (nSPS) is 14.2. The van der Waals surface area contributed by atoms with Crippen LogP contribution in [0.5, 0.6) is 5.75 Å². The van der Waals surface area contributed by atoms with Gasteiger partial charge in [-0.3, -0.25) is 4.99 Å². The minimum absolute atomic E-state index is 0.262. The minimum atomic E-state index is 0.262. The third-order valence-corrected chi connectivity index (χ3v) is 3.72. The number of benzene rings is 2. The zero-order valence-electron chi connectivity index (χ0n) is 11.5. The highest BCUT2D eigenvalue weighted by molar-refractivity contribution is 6.03. The van der Waals surface area contributed by atoms with Crippen molar-refractivity contribution in [1.82, 2.24) is 9.88 Å². The van der Waals surface area contributed by atoms with Gasteiger partial charge in [-0.05, 0) is 24.3 Å². The molecule has 2 aromatic carbocycles. The first-order chi connectivity index (χ1) is 10.3. The molecular formula is C17H15N3O. The van der Waals surface area contributed by atoms with Gasteiger partial charge in [0.2, 0.25) is 0 Å². The lowest BCUT2D eigenvalue weighted by molar-refractivity contribution is 0.475. The van der Waals surface area contributed by atoms with Gasteiger partial charge in [-0.2, -0.15) is 0 Å². The Morgan fingerprint density at radius 1 is 1.05 bits per heavy atom. The third kappa shape index (κ3) is 1.96. The number of aromatic hydroxyl groups is 1. The zero-order valence-corrected chi connectivity index (χ0v) is 11.5. The highest BCUT2D eigenvalue weighted by atomic mass is 16.3. The van der Waals surface area contributed by atoms with E-state index < -0.39 is 0 Å². The van der Waals surface area contributed by atoms with Crippen molar-refractivity contribution in [1.29, 1.82) is 0 Å². The Kier molecular flexibility index (Phi) is 2.67. The average Bonchev–Trinajstić information content (AvgIpc) is 3.14. The highest BCUT2D eigenvalue weighted by Gasteiger charge is 2.17. The van der Waals surface area contributed by atoms with Gasteiger partial charge in [0.15, 0.2) is 0 Å². The summed E-state index contributed by atoms with van der Waals surface area (Å²) in [6, 6.07) is 17.7. The number of rotatable bonds is 2. The van der Waals surface area contributed by atoms with Crippen LogP contribution in [0.3, 0.4) is 0 Å². The summed E-state index contributed by atoms with van der Waals surface area (Å²) in [6.45, 7) is 1.67. The minimum Gasteiger partial charge on any atom is -0.508 e. The van der Waals surface area contributed by atoms with Crippen LogP contribution < -0.4 is 5.32 Å². The first kappa shape index (κ1) is 12.0. The van der Waals surface area contributed by atoms with Gasteiger partial charge < -0.3 is 15.0 Å². The van der Waals surface area contributed by atoms with Gasteiger partial charge in [0, 0.05) is 23.7 Å². The molecule has 4 nitrogen and oxygen atoms in total. The molecule has 21 heavy (non-hydrogen) atoms. The van der Waals surface area contributed by atoms with E-state index in [1.807, 2.05) is 24.3 Å². The van der Waals surface area contributed by atoms with E-state index in [-0.39, 0.29) is 5.75 Å². The molecule has 1 aliphatic heterocycles. The lowest BCUT2D eigenvalue weighted by Gasteiger charge is -2.11. The van der Waals surface area contributed by atoms with Crippen molar-refractivity contribution in [2.24, 2.45) is 4.99 Å². The Bertz CT molecular complexity index is 848. The highest BCUT2D eigenvalue weighted by Crippen LogP contribution is 2.26. The number of aromatic nitrogens is 1. The van der Waals surface area contributed by atoms with Gasteiger partial charge in [0.25, 0.3) is 0 Å². The molecule has 0 amide bonds. The van der Waals surface area contributed by atoms with Gasteiger partial charge in [-0.25, -0.2) is 0 Å². The van der Waals surface area contributed by atoms with Crippen molar-refractivity contribution in [2.75, 3.05) is 13.1 Å². The van der Waals surface area contributed by atoms with E-state index in [0.29, 0.717) is 0 Å². The molecule has 0 bridgehead atoms. The van der Waals surface area contributed by atoms with Gasteiger partial charge in [-0.1, -0.05) is 24.3 Å². The molecule has 0 unspecified atom stereocenters. The molecule has 0 fully saturated rings. The Morgan fingerprint density at radius 3 is 2.76 bits per heavy atom. The number of nitrogens with one attached hydrogen (secondary N) is 1. The number of hydrogen-bond donors (Lipinski definition) is 2. The van der Waals surface area contributed by atoms with Crippen molar-refractivity contribution in [3.05, 3.63) is 60.3 Å². The smallest absolute Gasteiger partial charge is 0.145 e. The van der Waals surface area contributed by atoms with Crippen LogP contribution in [-0.4, -0.2) is 28.6 Å². The lowest BCUT2D eigenvalue weighted by Crippen LogP contribution is -2.22. The second-order valence-electron chi connectivity index (χ2n) is 5.10. The van der Waals surface area contributed by atoms with Crippen LogP contribution in [0.4, 0.5) is 0 Å². The van der Waals surface area contributed by atoms with Gasteiger partial charge >= 0.3 is 0 Å². The van der Waals surface area contributed by atoms with E-state index >= 15 is 0 Å². The third-order valence-electron chi connectivity index (χ3n) is 3.72. The first-order valence-corrected chi connectivity index (χ1v) is 7.01. The maximum atomic E-state index is 9.78. The standard InChI is InChI=1S/C17H15N3O/c21-14-6-3-5-13(11-14)20-15-7-2-1-4-12(15)10-16(20)17-18-8-9-19-17/h1-7,10-11,21H,8-9H2,(H,18,19). The Morgan fingerprint density at radius 2 is 1.95 bits per heavy atom. The molecule has 1 aliphatic rings. The largest absolute Gasteiger partial charge is 0.508 e. The lowest BCUT2D eigenvalue weighted by atomic mass is 10.2.